The molecule has 0 saturated heterocycles. The average Bonchev–Trinajstić information content (AvgIpc) is 3.07. The molecule has 1 aromatic heterocycles. The molecule has 5 nitrogen and oxygen atoms in total. The first-order valence-electron chi connectivity index (χ1n) is 8.34. The highest BCUT2D eigenvalue weighted by atomic mass is 32.1. The Kier molecular flexibility index (Phi) is 5.73. The van der Waals surface area contributed by atoms with Crippen LogP contribution in [0.3, 0.4) is 0 Å². The van der Waals surface area contributed by atoms with Crippen molar-refractivity contribution in [1.29, 1.82) is 0 Å². The normalized spacial score (nSPS) is 15.5. The van der Waals surface area contributed by atoms with E-state index in [2.05, 4.69) is 16.3 Å². The van der Waals surface area contributed by atoms with Crippen LogP contribution in [0.15, 0.2) is 29.6 Å². The number of ether oxygens (including phenoxy) is 2. The van der Waals surface area contributed by atoms with Crippen molar-refractivity contribution in [3.63, 3.8) is 0 Å². The molecular formula is C19H23NO4S. The molecule has 2 aromatic rings. The second-order valence-corrected chi connectivity index (χ2v) is 7.24. The minimum Gasteiger partial charge on any atom is -0.493 e. The van der Waals surface area contributed by atoms with Gasteiger partial charge in [-0.25, -0.2) is 0 Å². The highest BCUT2D eigenvalue weighted by Gasteiger charge is 2.20. The molecule has 6 heteroatoms. The molecule has 0 saturated carbocycles. The number of ketones is 1. The minimum atomic E-state index is -0.586. The van der Waals surface area contributed by atoms with Gasteiger partial charge in [0, 0.05) is 30.1 Å². The molecule has 25 heavy (non-hydrogen) atoms. The van der Waals surface area contributed by atoms with E-state index in [4.69, 9.17) is 9.47 Å². The molecule has 0 fully saturated rings. The maximum atomic E-state index is 11.4. The summed E-state index contributed by atoms with van der Waals surface area (Å²) in [7, 11) is 1.54. The molecule has 0 radical (unpaired) electrons. The van der Waals surface area contributed by atoms with Crippen LogP contribution in [-0.4, -0.2) is 48.7 Å². The predicted octanol–water partition coefficient (Wildman–Crippen LogP) is 2.76. The van der Waals surface area contributed by atoms with E-state index in [0.29, 0.717) is 23.6 Å². The van der Waals surface area contributed by atoms with Crippen molar-refractivity contribution in [2.24, 2.45) is 0 Å². The number of rotatable bonds is 7. The SMILES string of the molecule is COc1cc(C(C)=O)ccc1OC[C@H](O)CN1CCc2sccc2C1. The fraction of sp³-hybridized carbons (Fsp3) is 0.421. The molecule has 2 heterocycles. The Bertz CT molecular complexity index is 743. The Balaban J connectivity index is 1.54. The fourth-order valence-electron chi connectivity index (χ4n) is 3.01. The van der Waals surface area contributed by atoms with E-state index in [1.807, 2.05) is 11.3 Å². The summed E-state index contributed by atoms with van der Waals surface area (Å²) >= 11 is 1.81. The van der Waals surface area contributed by atoms with Crippen LogP contribution in [0.1, 0.15) is 27.7 Å². The Morgan fingerprint density at radius 1 is 1.36 bits per heavy atom. The lowest BCUT2D eigenvalue weighted by atomic mass is 10.1. The summed E-state index contributed by atoms with van der Waals surface area (Å²) in [5.41, 5.74) is 1.94. The van der Waals surface area contributed by atoms with Crippen LogP contribution in [0.5, 0.6) is 11.5 Å². The Morgan fingerprint density at radius 2 is 2.20 bits per heavy atom. The van der Waals surface area contributed by atoms with Gasteiger partial charge >= 0.3 is 0 Å². The molecule has 1 atom stereocenters. The van der Waals surface area contributed by atoms with E-state index in [1.165, 1.54) is 24.5 Å². The Hall–Kier alpha value is -1.89. The van der Waals surface area contributed by atoms with Gasteiger partial charge < -0.3 is 14.6 Å². The first-order valence-corrected chi connectivity index (χ1v) is 9.22. The molecule has 1 aliphatic rings. The zero-order valence-corrected chi connectivity index (χ0v) is 15.3. The van der Waals surface area contributed by atoms with E-state index in [0.717, 1.165) is 19.5 Å². The van der Waals surface area contributed by atoms with Crippen molar-refractivity contribution in [3.05, 3.63) is 45.6 Å². The van der Waals surface area contributed by atoms with Crippen LogP contribution < -0.4 is 9.47 Å². The van der Waals surface area contributed by atoms with E-state index in [-0.39, 0.29) is 12.4 Å². The quantitative estimate of drug-likeness (QED) is 0.769. The summed E-state index contributed by atoms with van der Waals surface area (Å²) < 4.78 is 11.0. The molecule has 1 N–H and O–H groups in total. The highest BCUT2D eigenvalue weighted by Crippen LogP contribution is 2.28. The molecule has 0 amide bonds. The van der Waals surface area contributed by atoms with Gasteiger partial charge in [-0.05, 0) is 48.6 Å². The van der Waals surface area contributed by atoms with Gasteiger partial charge in [0.25, 0.3) is 0 Å². The van der Waals surface area contributed by atoms with Crippen LogP contribution in [0.2, 0.25) is 0 Å². The summed E-state index contributed by atoms with van der Waals surface area (Å²) in [5.74, 6) is 1.01. The molecule has 1 aromatic carbocycles. The van der Waals surface area contributed by atoms with E-state index < -0.39 is 6.10 Å². The predicted molar refractivity (Wildman–Crippen MR) is 97.8 cm³/mol. The lowest BCUT2D eigenvalue weighted by Crippen LogP contribution is -2.38. The van der Waals surface area contributed by atoms with Crippen molar-refractivity contribution < 1.29 is 19.4 Å². The fourth-order valence-corrected chi connectivity index (χ4v) is 3.89. The zero-order chi connectivity index (χ0) is 17.8. The Labute approximate surface area is 151 Å². The monoisotopic (exact) mass is 361 g/mol. The van der Waals surface area contributed by atoms with Crippen LogP contribution in [0, 0.1) is 0 Å². The number of aliphatic hydroxyl groups is 1. The number of carbonyl (C=O) groups is 1. The molecular weight excluding hydrogens is 338 g/mol. The maximum Gasteiger partial charge on any atom is 0.161 e. The number of nitrogens with zero attached hydrogens (tertiary/aromatic N) is 1. The molecule has 0 aliphatic carbocycles. The summed E-state index contributed by atoms with van der Waals surface area (Å²) in [6.07, 6.45) is 0.457. The van der Waals surface area contributed by atoms with Gasteiger partial charge in [0.05, 0.1) is 7.11 Å². The lowest BCUT2D eigenvalue weighted by molar-refractivity contribution is 0.0630. The molecule has 1 aliphatic heterocycles. The molecule has 3 rings (SSSR count). The van der Waals surface area contributed by atoms with E-state index in [9.17, 15) is 9.90 Å². The molecule has 0 bridgehead atoms. The van der Waals surface area contributed by atoms with Crippen molar-refractivity contribution in [1.82, 2.24) is 4.90 Å². The van der Waals surface area contributed by atoms with Gasteiger partial charge in [-0.15, -0.1) is 11.3 Å². The highest BCUT2D eigenvalue weighted by molar-refractivity contribution is 7.10. The van der Waals surface area contributed by atoms with Crippen molar-refractivity contribution in [2.75, 3.05) is 26.8 Å². The van der Waals surface area contributed by atoms with Crippen molar-refractivity contribution in [2.45, 2.75) is 26.0 Å². The van der Waals surface area contributed by atoms with Crippen LogP contribution in [-0.2, 0) is 13.0 Å². The number of carbonyl (C=O) groups excluding carboxylic acids is 1. The van der Waals surface area contributed by atoms with Gasteiger partial charge in [0.2, 0.25) is 0 Å². The van der Waals surface area contributed by atoms with Crippen molar-refractivity contribution >= 4 is 17.1 Å². The lowest BCUT2D eigenvalue weighted by Gasteiger charge is -2.28. The molecule has 0 spiro atoms. The smallest absolute Gasteiger partial charge is 0.161 e. The number of aliphatic hydroxyl groups excluding tert-OH is 1. The second kappa shape index (κ2) is 7.99. The number of thiophene rings is 1. The average molecular weight is 361 g/mol. The van der Waals surface area contributed by atoms with Gasteiger partial charge in [0.1, 0.15) is 12.7 Å². The Morgan fingerprint density at radius 3 is 2.96 bits per heavy atom. The summed E-state index contributed by atoms with van der Waals surface area (Å²) in [6.45, 7) is 4.11. The first kappa shape index (κ1) is 17.9. The summed E-state index contributed by atoms with van der Waals surface area (Å²) in [6, 6.07) is 7.24. The third kappa shape index (κ3) is 4.39. The summed E-state index contributed by atoms with van der Waals surface area (Å²) in [4.78, 5) is 15.1. The number of hydrogen-bond acceptors (Lipinski definition) is 6. The minimum absolute atomic E-state index is 0.0252. The molecule has 0 unspecified atom stereocenters. The van der Waals surface area contributed by atoms with Crippen LogP contribution in [0.4, 0.5) is 0 Å². The third-order valence-electron chi connectivity index (χ3n) is 4.36. The van der Waals surface area contributed by atoms with E-state index >= 15 is 0 Å². The van der Waals surface area contributed by atoms with E-state index in [1.54, 1.807) is 18.2 Å². The molecule has 134 valence electrons. The van der Waals surface area contributed by atoms with Gasteiger partial charge in [-0.2, -0.15) is 0 Å². The van der Waals surface area contributed by atoms with Gasteiger partial charge in [-0.3, -0.25) is 9.69 Å². The van der Waals surface area contributed by atoms with Crippen LogP contribution in [0.25, 0.3) is 0 Å². The summed E-state index contributed by atoms with van der Waals surface area (Å²) in [5, 5.41) is 12.4. The zero-order valence-electron chi connectivity index (χ0n) is 14.5. The van der Waals surface area contributed by atoms with Crippen molar-refractivity contribution in [3.8, 4) is 11.5 Å². The maximum absolute atomic E-state index is 11.4. The third-order valence-corrected chi connectivity index (χ3v) is 5.38. The number of fused-ring (bicyclic) bond motifs is 1. The second-order valence-electron chi connectivity index (χ2n) is 6.24. The van der Waals surface area contributed by atoms with Gasteiger partial charge in [-0.1, -0.05) is 0 Å². The standard InChI is InChI=1S/C19H23NO4S/c1-13(21)14-3-4-17(18(9-14)23-2)24-12-16(22)11-20-7-5-19-15(10-20)6-8-25-19/h3-4,6,8-9,16,22H,5,7,10-12H2,1-2H3/t16-/m1/s1. The largest absolute Gasteiger partial charge is 0.493 e. The first-order chi connectivity index (χ1) is 12.1. The van der Waals surface area contributed by atoms with Crippen LogP contribution >= 0.6 is 11.3 Å². The topological polar surface area (TPSA) is 59.0 Å². The number of β-amino-alcohol motifs (C(OH)–C–C–N with tert-alkyl or cyclic N) is 1. The number of hydrogen-bond donors (Lipinski definition) is 1. The number of benzene rings is 1. The number of Topliss-reactive ketones (excluding diaryl/α,β-unsaturated/α-hetero) is 1. The number of methoxy groups -OCH3 is 1. The van der Waals surface area contributed by atoms with Gasteiger partial charge in [0.15, 0.2) is 17.3 Å².